The number of allylic oxidation sites excluding steroid dienone is 1. The van der Waals surface area contributed by atoms with E-state index >= 15 is 0 Å². The van der Waals surface area contributed by atoms with Crippen LogP contribution in [0.25, 0.3) is 5.57 Å². The molecule has 224 valence electrons. The molecule has 1 saturated heterocycles. The van der Waals surface area contributed by atoms with E-state index in [0.717, 1.165) is 48.8 Å². The number of rotatable bonds is 6. The summed E-state index contributed by atoms with van der Waals surface area (Å²) in [5, 5.41) is 0.564. The van der Waals surface area contributed by atoms with Gasteiger partial charge in [-0.1, -0.05) is 83.1 Å². The molecule has 4 rings (SSSR count). The first-order chi connectivity index (χ1) is 19.0. The lowest BCUT2D eigenvalue weighted by atomic mass is 9.97. The highest BCUT2D eigenvalue weighted by atomic mass is 35.5. The number of carbonyl (C=O) groups is 1. The molecule has 1 unspecified atom stereocenters. The Morgan fingerprint density at radius 3 is 2.05 bits per heavy atom. The standard InChI is InChI=1S/C14H19ClN2.C14H16F3NO.2C2H6/c1-10(2)12-4-5-13(16-14(12)15)17-8-6-11(3)7-9-17;1-18(9-10-7-8-10)13(19)12(14(15,16)17)11-5-3-2-4-6-11;2*1-2/h4-5,11H,1,6-9H2,2-3H3;2-6,10,12H,7-9H2,1H3;2*1-2H3. The fraction of sp³-hybridized carbons (Fsp3) is 0.562. The number of alkyl halides is 3. The molecular weight excluding hydrogens is 535 g/mol. The van der Waals surface area contributed by atoms with Crippen LogP contribution in [0.3, 0.4) is 0 Å². The lowest BCUT2D eigenvalue weighted by Crippen LogP contribution is -2.39. The molecule has 1 atom stereocenters. The van der Waals surface area contributed by atoms with Crippen LogP contribution in [0.5, 0.6) is 0 Å². The minimum Gasteiger partial charge on any atom is -0.357 e. The molecule has 2 heterocycles. The molecule has 1 aromatic carbocycles. The van der Waals surface area contributed by atoms with E-state index in [4.69, 9.17) is 11.6 Å². The van der Waals surface area contributed by atoms with E-state index in [9.17, 15) is 18.0 Å². The molecule has 0 bridgehead atoms. The van der Waals surface area contributed by atoms with Gasteiger partial charge in [-0.2, -0.15) is 13.2 Å². The van der Waals surface area contributed by atoms with Crippen molar-refractivity contribution in [2.24, 2.45) is 11.8 Å². The van der Waals surface area contributed by atoms with Gasteiger partial charge < -0.3 is 9.80 Å². The number of hydrogen-bond acceptors (Lipinski definition) is 3. The van der Waals surface area contributed by atoms with E-state index in [0.29, 0.717) is 17.6 Å². The van der Waals surface area contributed by atoms with Crippen molar-refractivity contribution in [1.29, 1.82) is 0 Å². The van der Waals surface area contributed by atoms with Crippen molar-refractivity contribution in [2.75, 3.05) is 31.6 Å². The molecule has 0 N–H and O–H groups in total. The predicted molar refractivity (Wildman–Crippen MR) is 163 cm³/mol. The van der Waals surface area contributed by atoms with Gasteiger partial charge in [0, 0.05) is 32.2 Å². The molecule has 2 aliphatic rings. The van der Waals surface area contributed by atoms with E-state index in [2.05, 4.69) is 23.4 Å². The average Bonchev–Trinajstić information content (AvgIpc) is 3.75. The topological polar surface area (TPSA) is 36.4 Å². The predicted octanol–water partition coefficient (Wildman–Crippen LogP) is 9.26. The first-order valence-corrected chi connectivity index (χ1v) is 14.8. The van der Waals surface area contributed by atoms with E-state index in [1.54, 1.807) is 6.07 Å². The maximum atomic E-state index is 13.1. The zero-order chi connectivity index (χ0) is 30.5. The Labute approximate surface area is 244 Å². The first-order valence-electron chi connectivity index (χ1n) is 14.4. The molecule has 1 aromatic heterocycles. The van der Waals surface area contributed by atoms with Gasteiger partial charge in [0.1, 0.15) is 11.0 Å². The average molecular weight is 582 g/mol. The summed E-state index contributed by atoms with van der Waals surface area (Å²) in [5.74, 6) is -0.732. The van der Waals surface area contributed by atoms with Gasteiger partial charge in [0.2, 0.25) is 5.91 Å². The molecule has 1 aliphatic carbocycles. The largest absolute Gasteiger partial charge is 0.404 e. The van der Waals surface area contributed by atoms with Crippen LogP contribution in [0.15, 0.2) is 49.0 Å². The number of amides is 1. The molecule has 1 amide bonds. The third kappa shape index (κ3) is 11.1. The molecule has 0 radical (unpaired) electrons. The number of pyridine rings is 1. The summed E-state index contributed by atoms with van der Waals surface area (Å²) in [6.07, 6.45) is -0.0847. The molecular formula is C32H47ClF3N3O. The Hall–Kier alpha value is -2.54. The summed E-state index contributed by atoms with van der Waals surface area (Å²) < 4.78 is 39.4. The second kappa shape index (κ2) is 17.3. The summed E-state index contributed by atoms with van der Waals surface area (Å²) >= 11 is 6.17. The van der Waals surface area contributed by atoms with Crippen LogP contribution in [-0.2, 0) is 4.79 Å². The van der Waals surface area contributed by atoms with E-state index in [-0.39, 0.29) is 5.56 Å². The summed E-state index contributed by atoms with van der Waals surface area (Å²) in [4.78, 5) is 20.1. The first kappa shape index (κ1) is 35.5. The smallest absolute Gasteiger partial charge is 0.357 e. The van der Waals surface area contributed by atoms with Crippen LogP contribution in [0, 0.1) is 11.8 Å². The van der Waals surface area contributed by atoms with Crippen LogP contribution in [0.2, 0.25) is 5.15 Å². The van der Waals surface area contributed by atoms with Crippen LogP contribution in [-0.4, -0.2) is 48.6 Å². The summed E-state index contributed by atoms with van der Waals surface area (Å²) in [6, 6.07) is 11.4. The number of halogens is 4. The number of anilines is 1. The third-order valence-electron chi connectivity index (χ3n) is 6.71. The maximum Gasteiger partial charge on any atom is 0.404 e. The third-order valence-corrected chi connectivity index (χ3v) is 7.00. The van der Waals surface area contributed by atoms with Crippen LogP contribution < -0.4 is 4.90 Å². The number of nitrogens with zero attached hydrogens (tertiary/aromatic N) is 3. The highest BCUT2D eigenvalue weighted by Crippen LogP contribution is 2.37. The number of carbonyl (C=O) groups excluding carboxylic acids is 1. The molecule has 2 fully saturated rings. The summed E-state index contributed by atoms with van der Waals surface area (Å²) in [5.41, 5.74) is 1.91. The molecule has 1 saturated carbocycles. The minimum atomic E-state index is -4.56. The van der Waals surface area contributed by atoms with Gasteiger partial charge in [0.15, 0.2) is 5.92 Å². The lowest BCUT2D eigenvalue weighted by molar-refractivity contribution is -0.171. The normalized spacial score (nSPS) is 15.7. The second-order valence-electron chi connectivity index (χ2n) is 10.0. The van der Waals surface area contributed by atoms with Crippen molar-refractivity contribution in [2.45, 2.75) is 79.3 Å². The molecule has 8 heteroatoms. The SMILES string of the molecule is C=C(C)c1ccc(N2CCC(C)CC2)nc1Cl.CC.CC.CN(CC1CC1)C(=O)C(c1ccccc1)C(F)(F)F. The number of aromatic nitrogens is 1. The van der Waals surface area contributed by atoms with Crippen LogP contribution >= 0.6 is 11.6 Å². The second-order valence-corrected chi connectivity index (χ2v) is 10.4. The highest BCUT2D eigenvalue weighted by Gasteiger charge is 2.47. The monoisotopic (exact) mass is 581 g/mol. The van der Waals surface area contributed by atoms with Crippen LogP contribution in [0.1, 0.15) is 84.3 Å². The zero-order valence-electron chi connectivity index (χ0n) is 25.2. The highest BCUT2D eigenvalue weighted by molar-refractivity contribution is 6.31. The van der Waals surface area contributed by atoms with Crippen molar-refractivity contribution in [3.05, 3.63) is 65.3 Å². The van der Waals surface area contributed by atoms with Crippen molar-refractivity contribution < 1.29 is 18.0 Å². The number of piperidine rings is 1. The van der Waals surface area contributed by atoms with Gasteiger partial charge in [-0.3, -0.25) is 4.79 Å². The van der Waals surface area contributed by atoms with Gasteiger partial charge >= 0.3 is 6.18 Å². The number of likely N-dealkylation sites (N-methyl/N-ethyl adjacent to an activating group) is 1. The molecule has 4 nitrogen and oxygen atoms in total. The quantitative estimate of drug-likeness (QED) is 0.319. The van der Waals surface area contributed by atoms with Gasteiger partial charge in [-0.05, 0) is 67.7 Å². The van der Waals surface area contributed by atoms with Crippen molar-refractivity contribution in [3.8, 4) is 0 Å². The van der Waals surface area contributed by atoms with Gasteiger partial charge in [0.05, 0.1) is 0 Å². The Balaban J connectivity index is 0.000000358. The minimum absolute atomic E-state index is 0.00245. The Kier molecular flexibility index (Phi) is 15.4. The number of hydrogen-bond donors (Lipinski definition) is 0. The Bertz CT molecular complexity index is 1030. The molecule has 1 aliphatic heterocycles. The zero-order valence-corrected chi connectivity index (χ0v) is 25.9. The van der Waals surface area contributed by atoms with Crippen LogP contribution in [0.4, 0.5) is 19.0 Å². The van der Waals surface area contributed by atoms with E-state index in [1.165, 1.54) is 49.1 Å². The summed E-state index contributed by atoms with van der Waals surface area (Å²) in [6.45, 7) is 18.7. The number of benzene rings is 1. The molecule has 40 heavy (non-hydrogen) atoms. The van der Waals surface area contributed by atoms with Crippen molar-refractivity contribution >= 4 is 28.9 Å². The van der Waals surface area contributed by atoms with Crippen molar-refractivity contribution in [1.82, 2.24) is 9.88 Å². The lowest BCUT2D eigenvalue weighted by Gasteiger charge is -2.31. The maximum absolute atomic E-state index is 13.1. The van der Waals surface area contributed by atoms with Gasteiger partial charge in [-0.25, -0.2) is 4.98 Å². The van der Waals surface area contributed by atoms with E-state index < -0.39 is 18.0 Å². The van der Waals surface area contributed by atoms with Gasteiger partial charge in [-0.15, -0.1) is 0 Å². The van der Waals surface area contributed by atoms with Gasteiger partial charge in [0.25, 0.3) is 0 Å². The Morgan fingerprint density at radius 2 is 1.60 bits per heavy atom. The van der Waals surface area contributed by atoms with E-state index in [1.807, 2.05) is 46.8 Å². The fourth-order valence-electron chi connectivity index (χ4n) is 4.27. The summed E-state index contributed by atoms with van der Waals surface area (Å²) in [7, 11) is 1.45. The molecule has 2 aromatic rings. The fourth-order valence-corrected chi connectivity index (χ4v) is 4.58. The Morgan fingerprint density at radius 1 is 1.05 bits per heavy atom. The van der Waals surface area contributed by atoms with Crippen molar-refractivity contribution in [3.63, 3.8) is 0 Å². The molecule has 0 spiro atoms.